The average molecular weight is 469 g/mol. The Balaban J connectivity index is 1.63. The van der Waals surface area contributed by atoms with Gasteiger partial charge in [0.2, 0.25) is 16.3 Å². The number of benzene rings is 2. The van der Waals surface area contributed by atoms with Crippen LogP contribution >= 0.6 is 0 Å². The first-order chi connectivity index (χ1) is 15.8. The topological polar surface area (TPSA) is 104 Å². The van der Waals surface area contributed by atoms with Gasteiger partial charge in [-0.1, -0.05) is 24.2 Å². The van der Waals surface area contributed by atoms with Crippen LogP contribution in [0.1, 0.15) is 68.1 Å². The van der Waals surface area contributed by atoms with Gasteiger partial charge in [0, 0.05) is 17.3 Å². The Morgan fingerprint density at radius 1 is 1.33 bits per heavy atom. The highest BCUT2D eigenvalue weighted by Crippen LogP contribution is 2.41. The van der Waals surface area contributed by atoms with Crippen molar-refractivity contribution in [1.82, 2.24) is 4.72 Å². The number of anilines is 1. The summed E-state index contributed by atoms with van der Waals surface area (Å²) in [6.45, 7) is 5.68. The number of nitrogens with one attached hydrogen (secondary N) is 1. The Hall–Kier alpha value is -3.09. The van der Waals surface area contributed by atoms with E-state index in [4.69, 9.17) is 9.57 Å². The molecule has 2 aromatic rings. The zero-order valence-corrected chi connectivity index (χ0v) is 19.8. The predicted molar refractivity (Wildman–Crippen MR) is 126 cm³/mol. The lowest BCUT2D eigenvalue weighted by molar-refractivity contribution is 0.0867. The number of hydrogen-bond donors (Lipinski definition) is 1. The number of hydrogen-bond acceptors (Lipinski definition) is 7. The third kappa shape index (κ3) is 4.82. The first kappa shape index (κ1) is 23.1. The van der Waals surface area contributed by atoms with E-state index in [9.17, 15) is 13.7 Å². The molecule has 8 nitrogen and oxygen atoms in total. The van der Waals surface area contributed by atoms with E-state index < -0.39 is 16.3 Å². The third-order valence-electron chi connectivity index (χ3n) is 5.68. The standard InChI is InChI=1S/C24H28N4O4S/c1-4-12-33(29,30)27-21-10-9-20-19(21)6-5-7-22(20)28-15-26-32-24(28)17-8-11-23(31-16(2)3)18(13-17)14-25/h5-8,11,13,15-16,21,24,27H,4,9-10,12H2,1-3H3/t21?,24-/m1/s1. The molecule has 1 aliphatic heterocycles. The van der Waals surface area contributed by atoms with E-state index in [0.717, 1.165) is 28.8 Å². The SMILES string of the molecule is CCCS(=O)(=O)NC1CCc2c1cccc2N1C=NO[C@@H]1c1ccc(OC(C)C)c(C#N)c1. The summed E-state index contributed by atoms with van der Waals surface area (Å²) < 4.78 is 33.2. The van der Waals surface area contributed by atoms with Gasteiger partial charge in [-0.15, -0.1) is 0 Å². The molecule has 0 amide bonds. The Labute approximate surface area is 194 Å². The van der Waals surface area contributed by atoms with Crippen LogP contribution < -0.4 is 14.4 Å². The molecule has 0 bridgehead atoms. The lowest BCUT2D eigenvalue weighted by Gasteiger charge is -2.25. The number of nitriles is 1. The fourth-order valence-electron chi connectivity index (χ4n) is 4.35. The second-order valence-corrected chi connectivity index (χ2v) is 10.4. The molecule has 0 fully saturated rings. The molecule has 0 saturated heterocycles. The van der Waals surface area contributed by atoms with E-state index in [1.165, 1.54) is 0 Å². The Bertz CT molecular complexity index is 1200. The van der Waals surface area contributed by atoms with Crippen LogP contribution in [0.15, 0.2) is 41.6 Å². The zero-order chi connectivity index (χ0) is 23.6. The molecule has 0 aromatic heterocycles. The third-order valence-corrected chi connectivity index (χ3v) is 7.26. The minimum absolute atomic E-state index is 0.0416. The average Bonchev–Trinajstić information content (AvgIpc) is 3.41. The maximum atomic E-state index is 12.3. The van der Waals surface area contributed by atoms with Crippen LogP contribution in [0.25, 0.3) is 0 Å². The summed E-state index contributed by atoms with van der Waals surface area (Å²) in [5.74, 6) is 0.648. The second-order valence-electron chi connectivity index (χ2n) is 8.49. The molecule has 1 heterocycles. The molecule has 1 aliphatic carbocycles. The number of oxime groups is 1. The molecule has 2 aliphatic rings. The minimum atomic E-state index is -3.32. The van der Waals surface area contributed by atoms with Gasteiger partial charge in [-0.2, -0.15) is 5.26 Å². The fraction of sp³-hybridized carbons (Fsp3) is 0.417. The Kier molecular flexibility index (Phi) is 6.58. The molecule has 174 valence electrons. The van der Waals surface area contributed by atoms with Crippen LogP contribution in [0.2, 0.25) is 0 Å². The van der Waals surface area contributed by atoms with Crippen LogP contribution in [-0.2, 0) is 21.3 Å². The Morgan fingerprint density at radius 3 is 2.88 bits per heavy atom. The number of fused-ring (bicyclic) bond motifs is 1. The minimum Gasteiger partial charge on any atom is -0.490 e. The van der Waals surface area contributed by atoms with Gasteiger partial charge in [-0.3, -0.25) is 4.90 Å². The van der Waals surface area contributed by atoms with Crippen molar-refractivity contribution in [1.29, 1.82) is 5.26 Å². The van der Waals surface area contributed by atoms with Crippen LogP contribution in [-0.4, -0.2) is 26.6 Å². The smallest absolute Gasteiger partial charge is 0.231 e. The van der Waals surface area contributed by atoms with Gasteiger partial charge < -0.3 is 9.57 Å². The van der Waals surface area contributed by atoms with Crippen molar-refractivity contribution < 1.29 is 18.0 Å². The zero-order valence-electron chi connectivity index (χ0n) is 19.0. The van der Waals surface area contributed by atoms with E-state index in [1.807, 2.05) is 49.9 Å². The van der Waals surface area contributed by atoms with Crippen molar-refractivity contribution >= 4 is 22.0 Å². The van der Waals surface area contributed by atoms with Crippen molar-refractivity contribution in [2.24, 2.45) is 5.16 Å². The van der Waals surface area contributed by atoms with Gasteiger partial charge in [0.25, 0.3) is 0 Å². The second kappa shape index (κ2) is 9.41. The van der Waals surface area contributed by atoms with Crippen LogP contribution in [0, 0.1) is 11.3 Å². The van der Waals surface area contributed by atoms with E-state index in [0.29, 0.717) is 24.2 Å². The van der Waals surface area contributed by atoms with E-state index in [2.05, 4.69) is 15.9 Å². The van der Waals surface area contributed by atoms with Crippen molar-refractivity contribution in [3.63, 3.8) is 0 Å². The Morgan fingerprint density at radius 2 is 2.15 bits per heavy atom. The maximum Gasteiger partial charge on any atom is 0.231 e. The molecular formula is C24H28N4O4S. The number of nitrogens with zero attached hydrogens (tertiary/aromatic N) is 3. The molecule has 2 aromatic carbocycles. The molecule has 0 saturated carbocycles. The molecule has 0 spiro atoms. The number of rotatable bonds is 8. The summed E-state index contributed by atoms with van der Waals surface area (Å²) in [6, 6.07) is 13.2. The van der Waals surface area contributed by atoms with Crippen LogP contribution in [0.3, 0.4) is 0 Å². The highest BCUT2D eigenvalue weighted by Gasteiger charge is 2.33. The maximum absolute atomic E-state index is 12.3. The van der Waals surface area contributed by atoms with Gasteiger partial charge in [0.1, 0.15) is 18.2 Å². The predicted octanol–water partition coefficient (Wildman–Crippen LogP) is 4.14. The largest absolute Gasteiger partial charge is 0.490 e. The van der Waals surface area contributed by atoms with E-state index >= 15 is 0 Å². The van der Waals surface area contributed by atoms with Gasteiger partial charge >= 0.3 is 0 Å². The van der Waals surface area contributed by atoms with E-state index in [-0.39, 0.29) is 17.9 Å². The molecule has 9 heteroatoms. The normalized spacial score (nSPS) is 19.4. The lowest BCUT2D eigenvalue weighted by atomic mass is 10.0. The number of sulfonamides is 1. The molecule has 2 atom stereocenters. The monoisotopic (exact) mass is 468 g/mol. The molecule has 1 unspecified atom stereocenters. The molecule has 0 radical (unpaired) electrons. The van der Waals surface area contributed by atoms with Gasteiger partial charge in [-0.25, -0.2) is 13.1 Å². The van der Waals surface area contributed by atoms with Gasteiger partial charge in [0.15, 0.2) is 0 Å². The van der Waals surface area contributed by atoms with Crippen LogP contribution in [0.4, 0.5) is 5.69 Å². The summed E-state index contributed by atoms with van der Waals surface area (Å²) in [6.07, 6.45) is 3.06. The lowest BCUT2D eigenvalue weighted by Crippen LogP contribution is -2.29. The summed E-state index contributed by atoms with van der Waals surface area (Å²) in [5, 5.41) is 13.6. The number of ether oxygens (including phenoxy) is 1. The van der Waals surface area contributed by atoms with Crippen molar-refractivity contribution in [2.75, 3.05) is 10.7 Å². The van der Waals surface area contributed by atoms with Crippen molar-refractivity contribution in [2.45, 2.75) is 58.4 Å². The molecule has 1 N–H and O–H groups in total. The fourth-order valence-corrected chi connectivity index (χ4v) is 5.68. The van der Waals surface area contributed by atoms with Crippen LogP contribution in [0.5, 0.6) is 5.75 Å². The highest BCUT2D eigenvalue weighted by atomic mass is 32.2. The summed E-state index contributed by atoms with van der Waals surface area (Å²) >= 11 is 0. The first-order valence-electron chi connectivity index (χ1n) is 11.1. The summed E-state index contributed by atoms with van der Waals surface area (Å²) in [5.41, 5.74) is 4.17. The first-order valence-corrected chi connectivity index (χ1v) is 12.8. The van der Waals surface area contributed by atoms with Gasteiger partial charge in [-0.05, 0) is 68.5 Å². The molecule has 4 rings (SSSR count). The quantitative estimate of drug-likeness (QED) is 0.624. The van der Waals surface area contributed by atoms with Crippen molar-refractivity contribution in [3.8, 4) is 11.8 Å². The van der Waals surface area contributed by atoms with Gasteiger partial charge in [0.05, 0.1) is 17.4 Å². The van der Waals surface area contributed by atoms with E-state index in [1.54, 1.807) is 18.5 Å². The molecule has 33 heavy (non-hydrogen) atoms. The highest BCUT2D eigenvalue weighted by molar-refractivity contribution is 7.89. The molecular weight excluding hydrogens is 440 g/mol. The summed E-state index contributed by atoms with van der Waals surface area (Å²) in [4.78, 5) is 7.58. The van der Waals surface area contributed by atoms with Crippen molar-refractivity contribution in [3.05, 3.63) is 58.7 Å². The summed E-state index contributed by atoms with van der Waals surface area (Å²) in [7, 11) is -3.32.